The summed E-state index contributed by atoms with van der Waals surface area (Å²) >= 11 is 0. The third-order valence-corrected chi connectivity index (χ3v) is 11.5. The Morgan fingerprint density at radius 1 is 0.271 bits per heavy atom. The summed E-state index contributed by atoms with van der Waals surface area (Å²) in [5.41, 5.74) is 7.50. The Kier molecular flexibility index (Phi) is 70.7. The van der Waals surface area contributed by atoms with E-state index >= 15 is 0 Å². The second kappa shape index (κ2) is 69.1. The third-order valence-electron chi connectivity index (χ3n) is 11.5. The van der Waals surface area contributed by atoms with Crippen LogP contribution in [0.25, 0.3) is 0 Å². The van der Waals surface area contributed by atoms with Crippen LogP contribution in [0, 0.1) is 0 Å². The van der Waals surface area contributed by atoms with Gasteiger partial charge in [0.1, 0.15) is 0 Å². The minimum absolute atomic E-state index is 0. The first-order chi connectivity index (χ1) is 45.1. The maximum Gasteiger partial charge on any atom is 4.00 e. The van der Waals surface area contributed by atoms with Crippen LogP contribution in [0.3, 0.4) is 0 Å². The number of halogens is 2. The fourth-order valence-corrected chi connectivity index (χ4v) is 7.57. The average molecular weight is 1700 g/mol. The first-order valence-corrected chi connectivity index (χ1v) is 27.4. The number of amides is 4. The van der Waals surface area contributed by atoms with Crippen LogP contribution in [0.4, 0.5) is 0 Å². The summed E-state index contributed by atoms with van der Waals surface area (Å²) in [7, 11) is 6.56. The van der Waals surface area contributed by atoms with Gasteiger partial charge in [-0.05, 0) is 97.1 Å². The summed E-state index contributed by atoms with van der Waals surface area (Å²) in [6.07, 6.45) is 14.1. The zero-order valence-corrected chi connectivity index (χ0v) is 61.4. The second-order valence-electron chi connectivity index (χ2n) is 17.8. The van der Waals surface area contributed by atoms with Crippen LogP contribution < -0.4 is 21.3 Å². The topological polar surface area (TPSA) is 335 Å². The smallest absolute Gasteiger partial charge is 0.545 e. The molecule has 514 valence electrons. The van der Waals surface area contributed by atoms with Gasteiger partial charge in [-0.2, -0.15) is 0 Å². The zero-order chi connectivity index (χ0) is 68.8. The summed E-state index contributed by atoms with van der Waals surface area (Å²) in [4.78, 5) is 135. The van der Waals surface area contributed by atoms with Gasteiger partial charge in [-0.25, -0.2) is 0 Å². The molecule has 4 N–H and O–H groups in total. The van der Waals surface area contributed by atoms with E-state index in [1.807, 2.05) is 165 Å². The fourth-order valence-electron chi connectivity index (χ4n) is 7.57. The summed E-state index contributed by atoms with van der Waals surface area (Å²) in [5, 5.41) is 10.6. The molecule has 8 aromatic rings. The van der Waals surface area contributed by atoms with Crippen molar-refractivity contribution in [1.29, 1.82) is 0 Å². The normalized spacial score (nSPS) is 9.00. The van der Waals surface area contributed by atoms with Crippen LogP contribution in [0.2, 0.25) is 0 Å². The molecule has 4 amide bonds. The van der Waals surface area contributed by atoms with Crippen molar-refractivity contribution in [3.05, 3.63) is 241 Å². The summed E-state index contributed by atoms with van der Waals surface area (Å²) < 4.78 is 0. The first-order valence-electron chi connectivity index (χ1n) is 27.4. The number of hydrogen-bond donors (Lipinski definition) is 4. The van der Waals surface area contributed by atoms with Crippen molar-refractivity contribution in [3.8, 4) is 0 Å². The minimum Gasteiger partial charge on any atom is -0.545 e. The van der Waals surface area contributed by atoms with Gasteiger partial charge in [0, 0.05) is 151 Å². The Labute approximate surface area is 610 Å². The van der Waals surface area contributed by atoms with Crippen molar-refractivity contribution in [2.75, 3.05) is 54.4 Å². The number of carbonyl (C=O) groups excluding carboxylic acids is 10. The van der Waals surface area contributed by atoms with E-state index in [9.17, 15) is 19.2 Å². The second-order valence-corrected chi connectivity index (χ2v) is 17.8. The molecule has 0 aliphatic heterocycles. The number of carbonyl (C=O) groups is 4. The Morgan fingerprint density at radius 3 is 0.469 bits per heavy atom. The Hall–Kier alpha value is -8.79. The van der Waals surface area contributed by atoms with E-state index in [-0.39, 0.29) is 98.1 Å². The molecule has 30 heteroatoms. The zero-order valence-electron chi connectivity index (χ0n) is 53.4. The number of aromatic nitrogens is 8. The van der Waals surface area contributed by atoms with Crippen LogP contribution in [-0.2, 0) is 141 Å². The van der Waals surface area contributed by atoms with Crippen molar-refractivity contribution >= 4 is 98.3 Å². The van der Waals surface area contributed by atoms with Gasteiger partial charge in [-0.3, -0.25) is 119 Å². The van der Waals surface area contributed by atoms with Gasteiger partial charge < -0.3 is 50.0 Å². The molecule has 0 spiro atoms. The molecule has 26 nitrogen and oxygen atoms in total. The molecule has 0 aliphatic rings. The molecule has 0 atom stereocenters. The molecule has 0 bridgehead atoms. The molecule has 2 radical (unpaired) electrons. The molecule has 0 fully saturated rings. The van der Waals surface area contributed by atoms with Gasteiger partial charge in [-0.15, -0.1) is 34.0 Å². The van der Waals surface area contributed by atoms with Crippen LogP contribution in [-0.4, -0.2) is 178 Å². The number of likely N-dealkylation sites (N-methyl/N-ethyl adjacent to an activating group) is 4. The van der Waals surface area contributed by atoms with E-state index in [4.69, 9.17) is 28.8 Å². The standard InChI is InChI=1S/4C15H18N4O.6CHO.2BrH.Re.Tc/c4*1-16-15(20)12-19(10-13-6-2-4-8-17-13)11-14-7-3-5-9-18-14;6*1-2;;;;/h4*2-9H,10-12H2,1H3,(H,16,20);6*1H;2*1H;;/q;;;;6*-1;;;;+4/i;;;;;;;;;;;;;1+1. The van der Waals surface area contributed by atoms with E-state index < -0.39 is 0 Å². The van der Waals surface area contributed by atoms with Crippen molar-refractivity contribution in [1.82, 2.24) is 80.7 Å². The summed E-state index contributed by atoms with van der Waals surface area (Å²) in [6, 6.07) is 46.2. The van der Waals surface area contributed by atoms with E-state index in [0.29, 0.717) is 78.5 Å². The van der Waals surface area contributed by atoms with E-state index in [0.717, 1.165) is 45.6 Å². The SMILES string of the molecule is Br.Br.CNC(=O)CN(Cc1ccccn1)Cc1ccccn1.CNC(=O)CN(Cc1ccccn1)Cc1ccccn1.CNC(=O)CN(Cc1ccccn1)Cc1ccccn1.CNC(=O)CN(Cc1ccccn1)Cc1ccccn1.[99Tc+4].[CH-]=O.[CH-]=O.[CH-]=O.[CH-]=O.[CH-]=O.[CH-]=O.[Re]. The van der Waals surface area contributed by atoms with E-state index in [1.54, 1.807) is 77.8 Å². The van der Waals surface area contributed by atoms with Gasteiger partial charge >= 0.3 is 20.1 Å². The minimum atomic E-state index is -0.0168. The Bertz CT molecular complexity index is 2510. The molecule has 8 rings (SSSR count). The number of hydrogen-bond acceptors (Lipinski definition) is 22. The van der Waals surface area contributed by atoms with Crippen molar-refractivity contribution in [2.24, 2.45) is 0 Å². The maximum absolute atomic E-state index is 11.6. The number of nitrogens with zero attached hydrogens (tertiary/aromatic N) is 12. The summed E-state index contributed by atoms with van der Waals surface area (Å²) in [6.45, 7) is 25.7. The van der Waals surface area contributed by atoms with Crippen LogP contribution in [0.15, 0.2) is 195 Å². The molecule has 0 aliphatic carbocycles. The van der Waals surface area contributed by atoms with Crippen molar-refractivity contribution in [2.45, 2.75) is 52.4 Å². The molecular formula is C66H80Br2N16O10ReTc-2. The van der Waals surface area contributed by atoms with Gasteiger partial charge in [0.05, 0.1) is 71.7 Å². The summed E-state index contributed by atoms with van der Waals surface area (Å²) in [5.74, 6) is -0.0672. The quantitative estimate of drug-likeness (QED) is 0.0481. The predicted octanol–water partition coefficient (Wildman–Crippen LogP) is 4.41. The fraction of sp³-hybridized carbons (Fsp3) is 0.242. The number of rotatable bonds is 24. The van der Waals surface area contributed by atoms with Gasteiger partial charge in [0.25, 0.3) is 0 Å². The molecule has 96 heavy (non-hydrogen) atoms. The first kappa shape index (κ1) is 98.3. The Balaban J connectivity index is -0.000000263. The van der Waals surface area contributed by atoms with Crippen LogP contribution in [0.5, 0.6) is 0 Å². The van der Waals surface area contributed by atoms with Crippen LogP contribution in [0.1, 0.15) is 45.6 Å². The van der Waals surface area contributed by atoms with Gasteiger partial charge in [0.15, 0.2) is 0 Å². The molecule has 0 saturated carbocycles. The molecule has 0 saturated heterocycles. The number of pyridine rings is 8. The largest absolute Gasteiger partial charge is 4.00 e. The molecular weight excluding hydrogens is 1620 g/mol. The van der Waals surface area contributed by atoms with E-state index in [1.165, 1.54) is 0 Å². The molecule has 0 unspecified atom stereocenters. The van der Waals surface area contributed by atoms with Crippen molar-refractivity contribution < 1.29 is 88.5 Å². The van der Waals surface area contributed by atoms with Crippen LogP contribution >= 0.6 is 34.0 Å². The molecule has 8 aromatic heterocycles. The molecule has 0 aromatic carbocycles. The average Bonchev–Trinajstić information content (AvgIpc) is 3.52. The Morgan fingerprint density at radius 2 is 0.385 bits per heavy atom. The van der Waals surface area contributed by atoms with Crippen molar-refractivity contribution in [3.63, 3.8) is 0 Å². The predicted molar refractivity (Wildman–Crippen MR) is 368 cm³/mol. The molecule has 8 heterocycles. The van der Waals surface area contributed by atoms with Gasteiger partial charge in [0.2, 0.25) is 23.6 Å². The monoisotopic (exact) mass is 1700 g/mol. The third kappa shape index (κ3) is 48.9. The van der Waals surface area contributed by atoms with E-state index in [2.05, 4.69) is 102 Å². The number of nitrogens with one attached hydrogen (secondary N) is 4. The maximum atomic E-state index is 11.6. The van der Waals surface area contributed by atoms with Gasteiger partial charge in [-0.1, -0.05) is 48.5 Å².